The van der Waals surface area contributed by atoms with Crippen LogP contribution in [-0.2, 0) is 4.79 Å². The Bertz CT molecular complexity index is 697. The average Bonchev–Trinajstić information content (AvgIpc) is 2.53. The summed E-state index contributed by atoms with van der Waals surface area (Å²) in [6.45, 7) is 3.60. The molecule has 0 aliphatic rings. The zero-order chi connectivity index (χ0) is 15.9. The summed E-state index contributed by atoms with van der Waals surface area (Å²) in [6, 6.07) is 9.92. The summed E-state index contributed by atoms with van der Waals surface area (Å²) >= 11 is 0. The molecule has 1 atom stereocenters. The van der Waals surface area contributed by atoms with Crippen LogP contribution in [0.3, 0.4) is 0 Å². The molecule has 0 aliphatic carbocycles. The summed E-state index contributed by atoms with van der Waals surface area (Å²) in [5, 5.41) is 12.6. The Balaban J connectivity index is 2.10. The molecule has 5 nitrogen and oxygen atoms in total. The van der Waals surface area contributed by atoms with Gasteiger partial charge in [0.05, 0.1) is 5.52 Å². The number of para-hydroxylation sites is 1. The third kappa shape index (κ3) is 3.91. The van der Waals surface area contributed by atoms with Gasteiger partial charge in [0.2, 0.25) is 0 Å². The highest BCUT2D eigenvalue weighted by Gasteiger charge is 2.20. The second kappa shape index (κ2) is 7.36. The van der Waals surface area contributed by atoms with Gasteiger partial charge in [-0.2, -0.15) is 0 Å². The van der Waals surface area contributed by atoms with E-state index in [1.807, 2.05) is 24.3 Å². The number of carbonyl (C=O) groups is 2. The lowest BCUT2D eigenvalue weighted by Gasteiger charge is -2.14. The first-order valence-corrected chi connectivity index (χ1v) is 7.12. The smallest absolute Gasteiger partial charge is 0.326 e. The van der Waals surface area contributed by atoms with Crippen LogP contribution in [0.15, 0.2) is 49.1 Å². The number of carboxylic acid groups (broad SMARTS) is 1. The van der Waals surface area contributed by atoms with E-state index in [2.05, 4.69) is 16.9 Å². The van der Waals surface area contributed by atoms with E-state index in [9.17, 15) is 14.7 Å². The summed E-state index contributed by atoms with van der Waals surface area (Å²) < 4.78 is 0. The number of rotatable bonds is 7. The molecule has 114 valence electrons. The molecule has 2 aromatic rings. The number of carbonyl (C=O) groups excluding carboxylic acids is 1. The lowest BCUT2D eigenvalue weighted by Crippen LogP contribution is -2.41. The second-order valence-electron chi connectivity index (χ2n) is 4.97. The van der Waals surface area contributed by atoms with Crippen LogP contribution >= 0.6 is 0 Å². The molecule has 0 saturated carbocycles. The van der Waals surface area contributed by atoms with Crippen LogP contribution in [-0.4, -0.2) is 28.0 Å². The van der Waals surface area contributed by atoms with Gasteiger partial charge in [0.15, 0.2) is 0 Å². The number of fused-ring (bicyclic) bond motifs is 1. The van der Waals surface area contributed by atoms with Gasteiger partial charge in [0.1, 0.15) is 11.7 Å². The Hall–Kier alpha value is -2.69. The minimum atomic E-state index is -1.04. The number of unbranched alkanes of at least 4 members (excludes halogenated alkanes) is 1. The number of aliphatic carboxylic acids is 1. The zero-order valence-electron chi connectivity index (χ0n) is 12.2. The van der Waals surface area contributed by atoms with Crippen molar-refractivity contribution < 1.29 is 14.7 Å². The van der Waals surface area contributed by atoms with Crippen LogP contribution < -0.4 is 5.32 Å². The van der Waals surface area contributed by atoms with Gasteiger partial charge >= 0.3 is 5.97 Å². The maximum absolute atomic E-state index is 12.2. The molecule has 2 rings (SSSR count). The van der Waals surface area contributed by atoms with Gasteiger partial charge in [0, 0.05) is 5.39 Å². The van der Waals surface area contributed by atoms with E-state index in [1.54, 1.807) is 18.2 Å². The van der Waals surface area contributed by atoms with Crippen molar-refractivity contribution in [3.8, 4) is 0 Å². The standard InChI is InChI=1S/C17H18N2O3/c1-2-3-4-9-15(17(21)22)19-16(20)14-11-10-12-7-5-6-8-13(12)18-14/h2,5-8,10-11,15H,1,3-4,9H2,(H,19,20)(H,21,22)/t15-/m1/s1. The van der Waals surface area contributed by atoms with Crippen molar-refractivity contribution in [3.63, 3.8) is 0 Å². The Kier molecular flexibility index (Phi) is 5.25. The molecular formula is C17H18N2O3. The third-order valence-electron chi connectivity index (χ3n) is 3.34. The molecule has 1 heterocycles. The molecular weight excluding hydrogens is 280 g/mol. The van der Waals surface area contributed by atoms with E-state index in [-0.39, 0.29) is 5.69 Å². The fraction of sp³-hybridized carbons (Fsp3) is 0.235. The number of benzene rings is 1. The fourth-order valence-corrected chi connectivity index (χ4v) is 2.15. The first kappa shape index (κ1) is 15.7. The first-order valence-electron chi connectivity index (χ1n) is 7.12. The SMILES string of the molecule is C=CCCC[C@@H](NC(=O)c1ccc2ccccc2n1)C(=O)O. The van der Waals surface area contributed by atoms with Crippen molar-refractivity contribution >= 4 is 22.8 Å². The van der Waals surface area contributed by atoms with Crippen LogP contribution in [0.5, 0.6) is 0 Å². The van der Waals surface area contributed by atoms with Crippen LogP contribution in [0.2, 0.25) is 0 Å². The number of allylic oxidation sites excluding steroid dienone is 1. The second-order valence-corrected chi connectivity index (χ2v) is 4.97. The largest absolute Gasteiger partial charge is 0.480 e. The van der Waals surface area contributed by atoms with E-state index in [0.29, 0.717) is 24.8 Å². The predicted molar refractivity (Wildman–Crippen MR) is 84.7 cm³/mol. The summed E-state index contributed by atoms with van der Waals surface area (Å²) in [5.74, 6) is -1.52. The fourth-order valence-electron chi connectivity index (χ4n) is 2.15. The number of hydrogen-bond acceptors (Lipinski definition) is 3. The van der Waals surface area contributed by atoms with Crippen LogP contribution in [0.25, 0.3) is 10.9 Å². The highest BCUT2D eigenvalue weighted by atomic mass is 16.4. The van der Waals surface area contributed by atoms with Crippen LogP contribution in [0, 0.1) is 0 Å². The highest BCUT2D eigenvalue weighted by Crippen LogP contribution is 2.12. The van der Waals surface area contributed by atoms with E-state index < -0.39 is 17.9 Å². The molecule has 0 fully saturated rings. The quantitative estimate of drug-likeness (QED) is 0.608. The van der Waals surface area contributed by atoms with Gasteiger partial charge in [-0.1, -0.05) is 30.3 Å². The normalized spacial score (nSPS) is 11.8. The molecule has 0 aliphatic heterocycles. The van der Waals surface area contributed by atoms with Crippen molar-refractivity contribution in [1.82, 2.24) is 10.3 Å². The molecule has 0 unspecified atom stereocenters. The molecule has 1 aromatic heterocycles. The lowest BCUT2D eigenvalue weighted by atomic mass is 10.1. The molecule has 0 bridgehead atoms. The van der Waals surface area contributed by atoms with Crippen molar-refractivity contribution in [3.05, 3.63) is 54.7 Å². The van der Waals surface area contributed by atoms with E-state index in [0.717, 1.165) is 5.39 Å². The van der Waals surface area contributed by atoms with Gasteiger partial charge in [-0.15, -0.1) is 6.58 Å². The van der Waals surface area contributed by atoms with Crippen molar-refractivity contribution in [2.45, 2.75) is 25.3 Å². The van der Waals surface area contributed by atoms with E-state index in [1.165, 1.54) is 0 Å². The Morgan fingerprint density at radius 3 is 2.77 bits per heavy atom. The molecule has 2 N–H and O–H groups in total. The highest BCUT2D eigenvalue weighted by molar-refractivity contribution is 5.96. The molecule has 0 spiro atoms. The average molecular weight is 298 g/mol. The molecule has 0 saturated heterocycles. The summed E-state index contributed by atoms with van der Waals surface area (Å²) in [4.78, 5) is 27.7. The van der Waals surface area contributed by atoms with Gasteiger partial charge in [-0.25, -0.2) is 9.78 Å². The monoisotopic (exact) mass is 298 g/mol. The minimum Gasteiger partial charge on any atom is -0.480 e. The minimum absolute atomic E-state index is 0.216. The Morgan fingerprint density at radius 1 is 1.27 bits per heavy atom. The van der Waals surface area contributed by atoms with Crippen molar-refractivity contribution in [2.75, 3.05) is 0 Å². The number of amides is 1. The molecule has 1 amide bonds. The Morgan fingerprint density at radius 2 is 2.05 bits per heavy atom. The topological polar surface area (TPSA) is 79.3 Å². The van der Waals surface area contributed by atoms with Gasteiger partial charge in [0.25, 0.3) is 5.91 Å². The number of aromatic nitrogens is 1. The maximum atomic E-state index is 12.2. The number of pyridine rings is 1. The van der Waals surface area contributed by atoms with Crippen molar-refractivity contribution in [2.24, 2.45) is 0 Å². The van der Waals surface area contributed by atoms with Crippen molar-refractivity contribution in [1.29, 1.82) is 0 Å². The number of carboxylic acids is 1. The summed E-state index contributed by atoms with van der Waals surface area (Å²) in [6.07, 6.45) is 3.46. The first-order chi connectivity index (χ1) is 10.6. The maximum Gasteiger partial charge on any atom is 0.326 e. The van der Waals surface area contributed by atoms with Gasteiger partial charge in [-0.05, 0) is 31.4 Å². The number of nitrogens with zero attached hydrogens (tertiary/aromatic N) is 1. The van der Waals surface area contributed by atoms with Gasteiger partial charge in [-0.3, -0.25) is 4.79 Å². The Labute approximate surface area is 128 Å². The number of hydrogen-bond donors (Lipinski definition) is 2. The predicted octanol–water partition coefficient (Wildman–Crippen LogP) is 2.77. The lowest BCUT2D eigenvalue weighted by molar-refractivity contribution is -0.139. The third-order valence-corrected chi connectivity index (χ3v) is 3.34. The summed E-state index contributed by atoms with van der Waals surface area (Å²) in [5.41, 5.74) is 0.919. The zero-order valence-corrected chi connectivity index (χ0v) is 12.2. The molecule has 0 radical (unpaired) electrons. The van der Waals surface area contributed by atoms with Gasteiger partial charge < -0.3 is 10.4 Å². The summed E-state index contributed by atoms with van der Waals surface area (Å²) in [7, 11) is 0. The molecule has 22 heavy (non-hydrogen) atoms. The van der Waals surface area contributed by atoms with Crippen LogP contribution in [0.4, 0.5) is 0 Å². The van der Waals surface area contributed by atoms with E-state index in [4.69, 9.17) is 0 Å². The van der Waals surface area contributed by atoms with Crippen LogP contribution in [0.1, 0.15) is 29.8 Å². The van der Waals surface area contributed by atoms with E-state index >= 15 is 0 Å². The number of nitrogens with one attached hydrogen (secondary N) is 1. The molecule has 5 heteroatoms. The molecule has 1 aromatic carbocycles.